The Hall–Kier alpha value is -1.56. The molecule has 1 heterocycles. The van der Waals surface area contributed by atoms with Crippen molar-refractivity contribution in [2.45, 2.75) is 16.7 Å². The summed E-state index contributed by atoms with van der Waals surface area (Å²) in [5.74, 6) is 0.00485. The molecule has 0 N–H and O–H groups in total. The van der Waals surface area contributed by atoms with Crippen molar-refractivity contribution in [2.24, 2.45) is 0 Å². The maximum atomic E-state index is 12.2. The molecule has 0 aliphatic carbocycles. The maximum Gasteiger partial charge on any atom is 0.266 e. The van der Waals surface area contributed by atoms with Crippen molar-refractivity contribution in [3.8, 4) is 0 Å². The smallest absolute Gasteiger partial charge is 0.266 e. The van der Waals surface area contributed by atoms with Crippen molar-refractivity contribution in [3.05, 3.63) is 65.1 Å². The van der Waals surface area contributed by atoms with Crippen LogP contribution in [-0.4, -0.2) is 21.7 Å². The van der Waals surface area contributed by atoms with Crippen molar-refractivity contribution in [1.82, 2.24) is 4.90 Å². The summed E-state index contributed by atoms with van der Waals surface area (Å²) in [6.45, 7) is 2.55. The molecular formula is C18H15NOS3. The SMILES string of the molecule is CCN1C(=O)C(=Cc2ccc(Sc3ccccc3)cc2)SC1=S. The lowest BCUT2D eigenvalue weighted by Crippen LogP contribution is -2.27. The molecule has 0 saturated carbocycles. The Morgan fingerprint density at radius 1 is 1.09 bits per heavy atom. The summed E-state index contributed by atoms with van der Waals surface area (Å²) in [4.78, 5) is 16.9. The molecule has 23 heavy (non-hydrogen) atoms. The molecule has 1 aliphatic rings. The van der Waals surface area contributed by atoms with E-state index < -0.39 is 0 Å². The fourth-order valence-corrected chi connectivity index (χ4v) is 4.40. The highest BCUT2D eigenvalue weighted by atomic mass is 32.2. The average Bonchev–Trinajstić information content (AvgIpc) is 2.83. The zero-order chi connectivity index (χ0) is 16.2. The number of amides is 1. The van der Waals surface area contributed by atoms with Crippen LogP contribution in [-0.2, 0) is 4.79 Å². The van der Waals surface area contributed by atoms with Gasteiger partial charge in [0.05, 0.1) is 4.91 Å². The zero-order valence-electron chi connectivity index (χ0n) is 12.6. The van der Waals surface area contributed by atoms with Gasteiger partial charge in [-0.15, -0.1) is 0 Å². The summed E-state index contributed by atoms with van der Waals surface area (Å²) in [5, 5.41) is 0. The molecule has 0 bridgehead atoms. The number of thiocarbonyl (C=S) groups is 1. The summed E-state index contributed by atoms with van der Waals surface area (Å²) < 4.78 is 0.639. The first-order valence-corrected chi connectivity index (χ1v) is 9.30. The van der Waals surface area contributed by atoms with E-state index in [0.717, 1.165) is 5.56 Å². The molecule has 3 rings (SSSR count). The van der Waals surface area contributed by atoms with Gasteiger partial charge in [0.25, 0.3) is 5.91 Å². The van der Waals surface area contributed by atoms with E-state index in [4.69, 9.17) is 12.2 Å². The Morgan fingerprint density at radius 2 is 1.74 bits per heavy atom. The minimum Gasteiger partial charge on any atom is -0.293 e. The zero-order valence-corrected chi connectivity index (χ0v) is 15.0. The minimum atomic E-state index is 0.00485. The van der Waals surface area contributed by atoms with Crippen LogP contribution in [0.2, 0.25) is 0 Å². The quantitative estimate of drug-likeness (QED) is 0.563. The van der Waals surface area contributed by atoms with Gasteiger partial charge >= 0.3 is 0 Å². The second-order valence-corrected chi connectivity index (χ2v) is 7.73. The number of nitrogens with zero attached hydrogens (tertiary/aromatic N) is 1. The van der Waals surface area contributed by atoms with Crippen LogP contribution in [0, 0.1) is 0 Å². The van der Waals surface area contributed by atoms with Crippen molar-refractivity contribution in [1.29, 1.82) is 0 Å². The lowest BCUT2D eigenvalue weighted by Gasteiger charge is -2.09. The third-order valence-corrected chi connectivity index (χ3v) is 5.74. The molecule has 2 aromatic rings. The molecule has 2 nitrogen and oxygen atoms in total. The van der Waals surface area contributed by atoms with Crippen LogP contribution < -0.4 is 0 Å². The largest absolute Gasteiger partial charge is 0.293 e. The first kappa shape index (κ1) is 16.3. The van der Waals surface area contributed by atoms with Crippen LogP contribution in [0.5, 0.6) is 0 Å². The van der Waals surface area contributed by atoms with Crippen LogP contribution >= 0.6 is 35.7 Å². The standard InChI is InChI=1S/C18H15NOS3/c1-2-19-17(20)16(23-18(19)21)12-13-8-10-15(11-9-13)22-14-6-4-3-5-7-14/h3-12H,2H2,1H3. The maximum absolute atomic E-state index is 12.2. The van der Waals surface area contributed by atoms with Crippen LogP contribution in [0.3, 0.4) is 0 Å². The monoisotopic (exact) mass is 357 g/mol. The molecule has 0 spiro atoms. The highest BCUT2D eigenvalue weighted by Gasteiger charge is 2.30. The Bertz CT molecular complexity index is 754. The number of hydrogen-bond donors (Lipinski definition) is 0. The molecule has 2 aromatic carbocycles. The summed E-state index contributed by atoms with van der Waals surface area (Å²) in [6, 6.07) is 18.5. The van der Waals surface area contributed by atoms with E-state index in [2.05, 4.69) is 24.3 Å². The lowest BCUT2D eigenvalue weighted by atomic mass is 10.2. The predicted molar refractivity (Wildman–Crippen MR) is 103 cm³/mol. The van der Waals surface area contributed by atoms with Gasteiger partial charge in [-0.2, -0.15) is 0 Å². The molecule has 0 unspecified atom stereocenters. The van der Waals surface area contributed by atoms with Crippen LogP contribution in [0.1, 0.15) is 12.5 Å². The van der Waals surface area contributed by atoms with Gasteiger partial charge in [-0.05, 0) is 42.8 Å². The molecule has 1 saturated heterocycles. The van der Waals surface area contributed by atoms with Gasteiger partial charge in [0.2, 0.25) is 0 Å². The van der Waals surface area contributed by atoms with Crippen LogP contribution in [0.25, 0.3) is 6.08 Å². The Balaban J connectivity index is 1.74. The lowest BCUT2D eigenvalue weighted by molar-refractivity contribution is -0.121. The van der Waals surface area contributed by atoms with E-state index in [0.29, 0.717) is 15.8 Å². The van der Waals surface area contributed by atoms with Crippen LogP contribution in [0.4, 0.5) is 0 Å². The van der Waals surface area contributed by atoms with Gasteiger partial charge in [0.15, 0.2) is 0 Å². The summed E-state index contributed by atoms with van der Waals surface area (Å²) in [7, 11) is 0. The van der Waals surface area contributed by atoms with E-state index in [1.54, 1.807) is 16.7 Å². The molecule has 1 amide bonds. The summed E-state index contributed by atoms with van der Waals surface area (Å²) in [6.07, 6.45) is 1.91. The van der Waals surface area contributed by atoms with E-state index in [1.165, 1.54) is 21.6 Å². The molecule has 1 fully saturated rings. The normalized spacial score (nSPS) is 16.4. The van der Waals surface area contributed by atoms with Crippen molar-refractivity contribution in [3.63, 3.8) is 0 Å². The number of rotatable bonds is 4. The predicted octanol–water partition coefficient (Wildman–Crippen LogP) is 5.06. The fraction of sp³-hybridized carbons (Fsp3) is 0.111. The van der Waals surface area contributed by atoms with Gasteiger partial charge in [-0.3, -0.25) is 9.69 Å². The third-order valence-electron chi connectivity index (χ3n) is 3.35. The van der Waals surface area contributed by atoms with Crippen LogP contribution in [0.15, 0.2) is 69.3 Å². The molecular weight excluding hydrogens is 342 g/mol. The first-order chi connectivity index (χ1) is 11.2. The van der Waals surface area contributed by atoms with Gasteiger partial charge in [-0.1, -0.05) is 66.1 Å². The number of hydrogen-bond acceptors (Lipinski definition) is 4. The van der Waals surface area contributed by atoms with E-state index >= 15 is 0 Å². The second-order valence-electron chi connectivity index (χ2n) is 4.91. The summed E-state index contributed by atoms with van der Waals surface area (Å²) >= 11 is 8.32. The van der Waals surface area contributed by atoms with Crippen molar-refractivity contribution < 1.29 is 4.79 Å². The van der Waals surface area contributed by atoms with Gasteiger partial charge in [0, 0.05) is 16.3 Å². The summed E-state index contributed by atoms with van der Waals surface area (Å²) in [5.41, 5.74) is 1.01. The number of benzene rings is 2. The Labute approximate surface area is 150 Å². The van der Waals surface area contributed by atoms with Gasteiger partial charge < -0.3 is 0 Å². The van der Waals surface area contributed by atoms with E-state index in [-0.39, 0.29) is 5.91 Å². The fourth-order valence-electron chi connectivity index (χ4n) is 2.18. The number of likely N-dealkylation sites (N-methyl/N-ethyl adjacent to an activating group) is 1. The molecule has 1 aliphatic heterocycles. The average molecular weight is 358 g/mol. The van der Waals surface area contributed by atoms with E-state index in [9.17, 15) is 4.79 Å². The van der Waals surface area contributed by atoms with Crippen molar-refractivity contribution in [2.75, 3.05) is 6.54 Å². The Kier molecular flexibility index (Phi) is 5.20. The van der Waals surface area contributed by atoms with Gasteiger partial charge in [0.1, 0.15) is 4.32 Å². The highest BCUT2D eigenvalue weighted by molar-refractivity contribution is 8.26. The topological polar surface area (TPSA) is 20.3 Å². The highest BCUT2D eigenvalue weighted by Crippen LogP contribution is 2.33. The van der Waals surface area contributed by atoms with Crippen molar-refractivity contribution >= 4 is 52.0 Å². The molecule has 0 radical (unpaired) electrons. The molecule has 0 atom stereocenters. The minimum absolute atomic E-state index is 0.00485. The molecule has 116 valence electrons. The number of thioether (sulfide) groups is 1. The van der Waals surface area contributed by atoms with E-state index in [1.807, 2.05) is 43.3 Å². The first-order valence-electron chi connectivity index (χ1n) is 7.25. The molecule has 5 heteroatoms. The molecule has 0 aromatic heterocycles. The second kappa shape index (κ2) is 7.34. The number of carbonyl (C=O) groups excluding carboxylic acids is 1. The van der Waals surface area contributed by atoms with Gasteiger partial charge in [-0.25, -0.2) is 0 Å². The third kappa shape index (κ3) is 3.86. The number of carbonyl (C=O) groups is 1. The Morgan fingerprint density at radius 3 is 2.35 bits per heavy atom.